The van der Waals surface area contributed by atoms with Gasteiger partial charge in [-0.3, -0.25) is 4.98 Å². The molecule has 6 heteroatoms. The number of rotatable bonds is 8. The van der Waals surface area contributed by atoms with E-state index in [1.54, 1.807) is 19.4 Å². The fourth-order valence-electron chi connectivity index (χ4n) is 1.16. The van der Waals surface area contributed by atoms with E-state index in [1.807, 2.05) is 6.07 Å². The van der Waals surface area contributed by atoms with Crippen molar-refractivity contribution in [3.05, 3.63) is 24.0 Å². The predicted octanol–water partition coefficient (Wildman–Crippen LogP) is 0.791. The molecular weight excluding hydrogens is 238 g/mol. The quantitative estimate of drug-likeness (QED) is 0.529. The average molecular weight is 255 g/mol. The maximum absolute atomic E-state index is 5.45. The summed E-state index contributed by atoms with van der Waals surface area (Å²) in [5, 5.41) is 3.18. The summed E-state index contributed by atoms with van der Waals surface area (Å²) in [5.41, 5.74) is 6.99. The first-order valence-corrected chi connectivity index (χ1v) is 5.71. The van der Waals surface area contributed by atoms with Crippen molar-refractivity contribution in [1.29, 1.82) is 0 Å². The molecule has 0 radical (unpaired) electrons. The Balaban J connectivity index is 2.21. The number of nitrogens with zero attached hydrogens (tertiary/aromatic N) is 1. The first kappa shape index (κ1) is 13.8. The van der Waals surface area contributed by atoms with Crippen molar-refractivity contribution >= 4 is 22.9 Å². The average Bonchev–Trinajstić information content (AvgIpc) is 2.34. The summed E-state index contributed by atoms with van der Waals surface area (Å²) in [5.74, 6) is 0. The van der Waals surface area contributed by atoms with Crippen molar-refractivity contribution in [2.75, 3.05) is 38.8 Å². The molecule has 0 unspecified atom stereocenters. The maximum atomic E-state index is 5.45. The van der Waals surface area contributed by atoms with E-state index in [0.29, 0.717) is 30.5 Å². The molecule has 0 aliphatic heterocycles. The van der Waals surface area contributed by atoms with Gasteiger partial charge in [-0.15, -0.1) is 0 Å². The summed E-state index contributed by atoms with van der Waals surface area (Å²) >= 11 is 4.82. The molecule has 0 fully saturated rings. The van der Waals surface area contributed by atoms with Crippen LogP contribution in [0.15, 0.2) is 18.3 Å². The molecule has 5 nitrogen and oxygen atoms in total. The molecule has 0 aliphatic carbocycles. The normalized spacial score (nSPS) is 10.2. The van der Waals surface area contributed by atoms with Crippen LogP contribution in [0, 0.1) is 0 Å². The third kappa shape index (κ3) is 5.58. The number of hydrogen-bond acceptors (Lipinski definition) is 5. The predicted molar refractivity (Wildman–Crippen MR) is 71.3 cm³/mol. The van der Waals surface area contributed by atoms with Crippen LogP contribution in [0.3, 0.4) is 0 Å². The Morgan fingerprint density at radius 3 is 2.82 bits per heavy atom. The molecule has 1 rings (SSSR count). The van der Waals surface area contributed by atoms with E-state index in [1.165, 1.54) is 0 Å². The van der Waals surface area contributed by atoms with Crippen LogP contribution in [0.5, 0.6) is 0 Å². The Labute approximate surface area is 106 Å². The molecule has 0 aromatic carbocycles. The molecule has 0 saturated heterocycles. The van der Waals surface area contributed by atoms with Gasteiger partial charge in [-0.1, -0.05) is 12.2 Å². The van der Waals surface area contributed by atoms with Crippen molar-refractivity contribution in [3.8, 4) is 0 Å². The van der Waals surface area contributed by atoms with Gasteiger partial charge in [0, 0.05) is 13.7 Å². The van der Waals surface area contributed by atoms with E-state index < -0.39 is 0 Å². The summed E-state index contributed by atoms with van der Waals surface area (Å²) < 4.78 is 10.2. The molecule has 0 atom stereocenters. The van der Waals surface area contributed by atoms with Crippen LogP contribution >= 0.6 is 12.2 Å². The molecule has 1 aromatic rings. The van der Waals surface area contributed by atoms with Crippen LogP contribution in [-0.2, 0) is 9.47 Å². The SMILES string of the molecule is COCCOCCNc1ccc(C(N)=S)nc1. The van der Waals surface area contributed by atoms with Crippen LogP contribution in [0.2, 0.25) is 0 Å². The molecule has 0 aliphatic rings. The standard InChI is InChI=1S/C11H17N3O2S/c1-15-6-7-16-5-4-13-9-2-3-10(11(12)17)14-8-9/h2-3,8,13H,4-7H2,1H3,(H2,12,17). The van der Waals surface area contributed by atoms with E-state index in [0.717, 1.165) is 12.2 Å². The first-order valence-electron chi connectivity index (χ1n) is 5.30. The number of pyridine rings is 1. The van der Waals surface area contributed by atoms with Gasteiger partial charge >= 0.3 is 0 Å². The molecule has 0 bridgehead atoms. The van der Waals surface area contributed by atoms with Gasteiger partial charge in [0.15, 0.2) is 0 Å². The maximum Gasteiger partial charge on any atom is 0.122 e. The lowest BCUT2D eigenvalue weighted by molar-refractivity contribution is 0.0759. The summed E-state index contributed by atoms with van der Waals surface area (Å²) in [6.07, 6.45) is 1.70. The number of hydrogen-bond donors (Lipinski definition) is 2. The van der Waals surface area contributed by atoms with Gasteiger partial charge in [-0.25, -0.2) is 0 Å². The Bertz CT molecular complexity index is 343. The number of aromatic nitrogens is 1. The van der Waals surface area contributed by atoms with E-state index in [4.69, 9.17) is 27.4 Å². The van der Waals surface area contributed by atoms with Crippen molar-refractivity contribution in [2.24, 2.45) is 5.73 Å². The lowest BCUT2D eigenvalue weighted by atomic mass is 10.3. The zero-order valence-electron chi connectivity index (χ0n) is 9.81. The molecular formula is C11H17N3O2S. The Hall–Kier alpha value is -1.24. The molecule has 94 valence electrons. The highest BCUT2D eigenvalue weighted by atomic mass is 32.1. The number of methoxy groups -OCH3 is 1. The van der Waals surface area contributed by atoms with Crippen molar-refractivity contribution in [2.45, 2.75) is 0 Å². The van der Waals surface area contributed by atoms with Crippen molar-refractivity contribution in [1.82, 2.24) is 4.98 Å². The minimum Gasteiger partial charge on any atom is -0.388 e. The van der Waals surface area contributed by atoms with Crippen molar-refractivity contribution < 1.29 is 9.47 Å². The zero-order chi connectivity index (χ0) is 12.5. The molecule has 0 amide bonds. The van der Waals surface area contributed by atoms with Crippen LogP contribution < -0.4 is 11.1 Å². The fraction of sp³-hybridized carbons (Fsp3) is 0.455. The van der Waals surface area contributed by atoms with Gasteiger partial charge in [-0.05, 0) is 12.1 Å². The zero-order valence-corrected chi connectivity index (χ0v) is 10.6. The highest BCUT2D eigenvalue weighted by Crippen LogP contribution is 2.05. The summed E-state index contributed by atoms with van der Waals surface area (Å²) in [4.78, 5) is 4.42. The number of thiocarbonyl (C=S) groups is 1. The molecule has 0 spiro atoms. The summed E-state index contributed by atoms with van der Waals surface area (Å²) in [6, 6.07) is 3.67. The highest BCUT2D eigenvalue weighted by Gasteiger charge is 1.97. The number of ether oxygens (including phenoxy) is 2. The van der Waals surface area contributed by atoms with Gasteiger partial charge in [0.2, 0.25) is 0 Å². The molecule has 1 heterocycles. The second kappa shape index (κ2) is 7.94. The van der Waals surface area contributed by atoms with Crippen LogP contribution in [0.25, 0.3) is 0 Å². The number of nitrogens with one attached hydrogen (secondary N) is 1. The van der Waals surface area contributed by atoms with Gasteiger partial charge in [-0.2, -0.15) is 0 Å². The largest absolute Gasteiger partial charge is 0.388 e. The second-order valence-corrected chi connectivity index (χ2v) is 3.77. The number of nitrogens with two attached hydrogens (primary N) is 1. The minimum atomic E-state index is 0.305. The molecule has 17 heavy (non-hydrogen) atoms. The smallest absolute Gasteiger partial charge is 0.122 e. The van der Waals surface area contributed by atoms with Crippen LogP contribution in [0.4, 0.5) is 5.69 Å². The molecule has 0 saturated carbocycles. The second-order valence-electron chi connectivity index (χ2n) is 3.33. The molecule has 3 N–H and O–H groups in total. The first-order chi connectivity index (χ1) is 8.24. The summed E-state index contributed by atoms with van der Waals surface area (Å²) in [7, 11) is 1.65. The lowest BCUT2D eigenvalue weighted by Gasteiger charge is -2.07. The lowest BCUT2D eigenvalue weighted by Crippen LogP contribution is -2.13. The van der Waals surface area contributed by atoms with Gasteiger partial charge in [0.05, 0.1) is 37.4 Å². The van der Waals surface area contributed by atoms with Gasteiger partial charge < -0.3 is 20.5 Å². The number of anilines is 1. The Morgan fingerprint density at radius 1 is 1.41 bits per heavy atom. The van der Waals surface area contributed by atoms with E-state index in [2.05, 4.69) is 10.3 Å². The third-order valence-corrected chi connectivity index (χ3v) is 2.23. The van der Waals surface area contributed by atoms with E-state index in [9.17, 15) is 0 Å². The Morgan fingerprint density at radius 2 is 2.24 bits per heavy atom. The fourth-order valence-corrected chi connectivity index (χ4v) is 1.28. The van der Waals surface area contributed by atoms with Crippen molar-refractivity contribution in [3.63, 3.8) is 0 Å². The monoisotopic (exact) mass is 255 g/mol. The topological polar surface area (TPSA) is 69.4 Å². The van der Waals surface area contributed by atoms with Gasteiger partial charge in [0.25, 0.3) is 0 Å². The minimum absolute atomic E-state index is 0.305. The third-order valence-electron chi connectivity index (χ3n) is 2.02. The van der Waals surface area contributed by atoms with Gasteiger partial charge in [0.1, 0.15) is 4.99 Å². The van der Waals surface area contributed by atoms with E-state index >= 15 is 0 Å². The summed E-state index contributed by atoms with van der Waals surface area (Å²) in [6.45, 7) is 2.57. The molecule has 1 aromatic heterocycles. The van der Waals surface area contributed by atoms with Crippen LogP contribution in [0.1, 0.15) is 5.69 Å². The van der Waals surface area contributed by atoms with E-state index in [-0.39, 0.29) is 0 Å². The highest BCUT2D eigenvalue weighted by molar-refractivity contribution is 7.80. The Kier molecular flexibility index (Phi) is 6.46. The van der Waals surface area contributed by atoms with Crippen LogP contribution in [-0.4, -0.2) is 43.4 Å².